The van der Waals surface area contributed by atoms with Gasteiger partial charge in [0.2, 0.25) is 0 Å². The van der Waals surface area contributed by atoms with Crippen LogP contribution in [0.25, 0.3) is 20.9 Å². The summed E-state index contributed by atoms with van der Waals surface area (Å²) in [6.07, 6.45) is -17.7. The molecule has 0 spiro atoms. The van der Waals surface area contributed by atoms with Crippen molar-refractivity contribution >= 4 is 35.8 Å². The minimum atomic E-state index is -1.71. The molecule has 4 fully saturated rings. The molecule has 28 heteroatoms. The summed E-state index contributed by atoms with van der Waals surface area (Å²) in [6.45, 7) is 5.86. The number of rotatable bonds is 20. The Morgan fingerprint density at radius 1 is 0.471 bits per heavy atom. The van der Waals surface area contributed by atoms with Gasteiger partial charge in [-0.2, -0.15) is 0 Å². The van der Waals surface area contributed by atoms with E-state index in [1.54, 1.807) is 130 Å². The number of ether oxygens (including phenoxy) is 13. The maximum atomic E-state index is 13.1. The van der Waals surface area contributed by atoms with Crippen LogP contribution >= 0.6 is 0 Å². The van der Waals surface area contributed by atoms with Crippen LogP contribution in [0.15, 0.2) is 132 Å². The van der Waals surface area contributed by atoms with Gasteiger partial charge in [0.25, 0.3) is 0 Å². The number of azide groups is 2. The Morgan fingerprint density at radius 2 is 0.805 bits per heavy atom. The molecule has 4 aromatic carbocycles. The molecule has 0 bridgehead atoms. The molecule has 4 heterocycles. The summed E-state index contributed by atoms with van der Waals surface area (Å²) in [6, 6.07) is 31.1. The molecule has 4 aliphatic heterocycles. The van der Waals surface area contributed by atoms with Crippen molar-refractivity contribution in [3.05, 3.63) is 164 Å². The monoisotopic (exact) mass is 1210 g/mol. The molecule has 0 aliphatic carbocycles. The lowest BCUT2D eigenvalue weighted by Gasteiger charge is -2.47. The van der Waals surface area contributed by atoms with Crippen LogP contribution in [0.5, 0.6) is 0 Å². The smallest absolute Gasteiger partial charge is 0.338 e. The predicted octanol–water partition coefficient (Wildman–Crippen LogP) is 5.98. The molecule has 87 heavy (non-hydrogen) atoms. The lowest BCUT2D eigenvalue weighted by atomic mass is 9.87. The van der Waals surface area contributed by atoms with Crippen LogP contribution in [0.1, 0.15) is 69.1 Å². The summed E-state index contributed by atoms with van der Waals surface area (Å²) in [4.78, 5) is 81.8. The number of carbonyl (C=O) groups is 6. The van der Waals surface area contributed by atoms with Crippen LogP contribution in [0.2, 0.25) is 0 Å². The first-order valence-corrected chi connectivity index (χ1v) is 27.6. The average Bonchev–Trinajstić information content (AvgIpc) is 1.64. The number of methoxy groups -OCH3 is 3. The van der Waals surface area contributed by atoms with Crippen LogP contribution in [0, 0.1) is 23.7 Å². The third-order valence-electron chi connectivity index (χ3n) is 15.2. The summed E-state index contributed by atoms with van der Waals surface area (Å²) >= 11 is 0. The zero-order chi connectivity index (χ0) is 62.9. The first-order valence-electron chi connectivity index (χ1n) is 27.6. The van der Waals surface area contributed by atoms with Gasteiger partial charge in [-0.3, -0.25) is 0 Å². The zero-order valence-corrected chi connectivity index (χ0v) is 48.3. The molecular formula is C59H68N6O22. The van der Waals surface area contributed by atoms with Gasteiger partial charge in [0, 0.05) is 35.9 Å². The number of hydrogen-bond donors (Lipinski definition) is 3. The van der Waals surface area contributed by atoms with E-state index in [0.717, 1.165) is 7.11 Å². The zero-order valence-electron chi connectivity index (χ0n) is 48.3. The van der Waals surface area contributed by atoms with Crippen molar-refractivity contribution in [2.24, 2.45) is 33.9 Å². The first kappa shape index (κ1) is 66.4. The number of hydrogen-bond acceptors (Lipinski definition) is 23. The van der Waals surface area contributed by atoms with E-state index in [1.165, 1.54) is 33.3 Å². The maximum Gasteiger partial charge on any atom is 0.338 e. The van der Waals surface area contributed by atoms with Gasteiger partial charge in [0.1, 0.15) is 25.4 Å². The summed E-state index contributed by atoms with van der Waals surface area (Å²) in [5.74, 6) is -8.11. The highest BCUT2D eigenvalue weighted by atomic mass is 16.8. The highest BCUT2D eigenvalue weighted by Gasteiger charge is 2.55. The summed E-state index contributed by atoms with van der Waals surface area (Å²) in [5.41, 5.74) is 19.5. The van der Waals surface area contributed by atoms with E-state index in [1.807, 2.05) is 0 Å². The van der Waals surface area contributed by atoms with E-state index >= 15 is 0 Å². The number of aliphatic hydroxyl groups excluding tert-OH is 2. The lowest BCUT2D eigenvalue weighted by molar-refractivity contribution is -0.327. The second kappa shape index (κ2) is 31.5. The van der Waals surface area contributed by atoms with Crippen LogP contribution in [0.3, 0.4) is 0 Å². The quantitative estimate of drug-likeness (QED) is 0.0301. The first-order chi connectivity index (χ1) is 41.8. The van der Waals surface area contributed by atoms with E-state index in [9.17, 15) is 55.1 Å². The van der Waals surface area contributed by atoms with Crippen LogP contribution < -0.4 is 0 Å². The molecule has 466 valence electrons. The number of carboxylic acids is 1. The molecule has 0 aromatic heterocycles. The Labute approximate surface area is 498 Å². The second-order valence-corrected chi connectivity index (χ2v) is 20.7. The van der Waals surface area contributed by atoms with Crippen molar-refractivity contribution in [2.45, 2.75) is 126 Å². The number of esters is 5. The van der Waals surface area contributed by atoms with E-state index < -0.39 is 158 Å². The van der Waals surface area contributed by atoms with Gasteiger partial charge >= 0.3 is 35.8 Å². The van der Waals surface area contributed by atoms with E-state index in [2.05, 4.69) is 20.1 Å². The van der Waals surface area contributed by atoms with Crippen molar-refractivity contribution in [1.82, 2.24) is 0 Å². The van der Waals surface area contributed by atoms with E-state index in [-0.39, 0.29) is 24.3 Å². The molecule has 4 aliphatic rings. The molecule has 4 aromatic rings. The highest BCUT2D eigenvalue weighted by Crippen LogP contribution is 2.39. The van der Waals surface area contributed by atoms with Crippen molar-refractivity contribution in [3.8, 4) is 0 Å². The largest absolute Gasteiger partial charge is 0.479 e. The minimum absolute atomic E-state index is 0.217. The van der Waals surface area contributed by atoms with Gasteiger partial charge in [-0.15, -0.1) is 0 Å². The second-order valence-electron chi connectivity index (χ2n) is 20.7. The normalized spacial score (nSPS) is 31.9. The Hall–Kier alpha value is -8.08. The van der Waals surface area contributed by atoms with Crippen molar-refractivity contribution < 1.29 is 106 Å². The molecular weight excluding hydrogens is 1140 g/mol. The van der Waals surface area contributed by atoms with Gasteiger partial charge in [-0.25, -0.2) is 28.8 Å². The number of carboxylic acid groups (broad SMARTS) is 1. The van der Waals surface area contributed by atoms with Gasteiger partial charge in [0.15, 0.2) is 49.6 Å². The molecule has 8 unspecified atom stereocenters. The Morgan fingerprint density at radius 3 is 1.13 bits per heavy atom. The lowest BCUT2D eigenvalue weighted by Crippen LogP contribution is -2.62. The topological polar surface area (TPSA) is 381 Å². The number of aliphatic carboxylic acids is 1. The Kier molecular flexibility index (Phi) is 24.1. The SMILES string of the molecule is COC(=O)C1O[C@@H](O[C@@H]2C(COC(=O)c3ccccc3)O[C@H](OC)C(N=[N+]=[N-])[C@H]2C)C(OC(=O)c2ccccc2)[C@@H](C)[C@@H]1O.CO[C@H]1OC(COC(=O)c2ccccc2)[C@@H](O[C@@H]2OC(C(=O)O)[C@@H](O)[C@H](C)C2OC(=O)c2ccccc2)[C@H](C)C1N=[N+]=[N-]. The number of nitrogens with zero attached hydrogens (tertiary/aromatic N) is 6. The third kappa shape index (κ3) is 16.3. The Bertz CT molecular complexity index is 3040. The van der Waals surface area contributed by atoms with Gasteiger partial charge in [-0.1, -0.05) is 111 Å². The van der Waals surface area contributed by atoms with Crippen molar-refractivity contribution in [3.63, 3.8) is 0 Å². The van der Waals surface area contributed by atoms with Crippen LogP contribution in [0.4, 0.5) is 0 Å². The molecule has 20 atom stereocenters. The van der Waals surface area contributed by atoms with E-state index in [4.69, 9.17) is 61.6 Å². The predicted molar refractivity (Wildman–Crippen MR) is 297 cm³/mol. The minimum Gasteiger partial charge on any atom is -0.479 e. The number of carbonyl (C=O) groups excluding carboxylic acids is 5. The fourth-order valence-corrected chi connectivity index (χ4v) is 10.3. The maximum absolute atomic E-state index is 13.1. The van der Waals surface area contributed by atoms with Crippen LogP contribution in [-0.4, -0.2) is 184 Å². The highest BCUT2D eigenvalue weighted by molar-refractivity contribution is 5.91. The van der Waals surface area contributed by atoms with Gasteiger partial charge < -0.3 is 76.9 Å². The summed E-state index contributed by atoms with van der Waals surface area (Å²) < 4.78 is 74.5. The average molecular weight is 1210 g/mol. The van der Waals surface area contributed by atoms with E-state index in [0.29, 0.717) is 11.1 Å². The summed E-state index contributed by atoms with van der Waals surface area (Å²) in [5, 5.41) is 39.0. The van der Waals surface area contributed by atoms with Crippen molar-refractivity contribution in [2.75, 3.05) is 34.5 Å². The number of benzene rings is 4. The number of aliphatic hydroxyl groups is 2. The molecule has 8 rings (SSSR count). The van der Waals surface area contributed by atoms with Crippen molar-refractivity contribution in [1.29, 1.82) is 0 Å². The standard InChI is InChI=1S/C30H35N3O11.C29H33N3O11/c1-16-21(32-33-31)29(39-4)41-20(15-40-26(35)18-11-7-5-8-12-18)23(16)43-30-24(42-27(36)19-13-9-6-10-14-19)17(2)22(34)25(44-30)28(37)38-3;1-15-20(31-32-30)28(38-3)40-19(14-39-26(36)17-10-6-4-7-11-17)22(15)42-29-23(16(2)21(33)24(43-29)25(34)35)41-27(37)18-12-8-5-9-13-18/h5-14,16-17,20-25,29-30,34H,15H2,1-4H3;4-13,15-16,19-24,28-29,33H,14H2,1-3H3,(H,34,35)/t16-,17+,20?,21?,22+,23+,24?,25?,29+,30-;15-,16+,19?,20?,21+,22+,23?,24?,28+,29-/m11/s1. The fraction of sp³-hybridized carbons (Fsp3) is 0.492. The molecule has 28 nitrogen and oxygen atoms in total. The van der Waals surface area contributed by atoms with Crippen LogP contribution in [-0.2, 0) is 71.2 Å². The molecule has 0 saturated carbocycles. The molecule has 0 radical (unpaired) electrons. The third-order valence-corrected chi connectivity index (χ3v) is 15.2. The molecule has 3 N–H and O–H groups in total. The molecule has 0 amide bonds. The van der Waals surface area contributed by atoms with Gasteiger partial charge in [-0.05, 0) is 71.4 Å². The summed E-state index contributed by atoms with van der Waals surface area (Å²) in [7, 11) is 3.87. The van der Waals surface area contributed by atoms with Gasteiger partial charge in [0.05, 0.1) is 65.9 Å². The Balaban J connectivity index is 0.000000249. The fourth-order valence-electron chi connectivity index (χ4n) is 10.3. The molecule has 4 saturated heterocycles.